The fraction of sp³-hybridized carbons (Fsp3) is 0.211. The highest BCUT2D eigenvalue weighted by atomic mass is 16.3. The molecule has 0 saturated heterocycles. The molecular formula is C19H20N4O4. The summed E-state index contributed by atoms with van der Waals surface area (Å²) >= 11 is 0. The Kier molecular flexibility index (Phi) is 5.25. The quantitative estimate of drug-likeness (QED) is 0.515. The first-order chi connectivity index (χ1) is 13.0. The SMILES string of the molecule is CC(C)[C@H](NC(=O)c1ccco1)C(=O)NNC(=O)c1c[nH]c2ccccc12. The van der Waals surface area contributed by atoms with E-state index in [-0.39, 0.29) is 11.7 Å². The predicted molar refractivity (Wildman–Crippen MR) is 98.7 cm³/mol. The van der Waals surface area contributed by atoms with E-state index >= 15 is 0 Å². The number of aromatic amines is 1. The molecule has 2 heterocycles. The molecule has 3 aromatic rings. The minimum absolute atomic E-state index is 0.108. The summed E-state index contributed by atoms with van der Waals surface area (Å²) in [6, 6.07) is 9.59. The number of rotatable bonds is 5. The molecule has 0 bridgehead atoms. The number of aromatic nitrogens is 1. The van der Waals surface area contributed by atoms with Crippen molar-refractivity contribution in [3.63, 3.8) is 0 Å². The van der Waals surface area contributed by atoms with Crippen molar-refractivity contribution in [1.29, 1.82) is 0 Å². The van der Waals surface area contributed by atoms with Crippen molar-refractivity contribution < 1.29 is 18.8 Å². The van der Waals surface area contributed by atoms with Gasteiger partial charge >= 0.3 is 0 Å². The lowest BCUT2D eigenvalue weighted by Gasteiger charge is -2.21. The Morgan fingerprint density at radius 2 is 1.78 bits per heavy atom. The fourth-order valence-electron chi connectivity index (χ4n) is 2.68. The Morgan fingerprint density at radius 1 is 1.00 bits per heavy atom. The van der Waals surface area contributed by atoms with Crippen LogP contribution in [0.5, 0.6) is 0 Å². The zero-order chi connectivity index (χ0) is 19.4. The lowest BCUT2D eigenvalue weighted by molar-refractivity contribution is -0.124. The molecule has 1 aromatic carbocycles. The molecule has 2 aromatic heterocycles. The molecule has 0 saturated carbocycles. The lowest BCUT2D eigenvalue weighted by atomic mass is 10.0. The molecule has 0 spiro atoms. The number of hydrogen-bond acceptors (Lipinski definition) is 4. The largest absolute Gasteiger partial charge is 0.459 e. The van der Waals surface area contributed by atoms with Crippen molar-refractivity contribution in [2.75, 3.05) is 0 Å². The van der Waals surface area contributed by atoms with Crippen molar-refractivity contribution in [3.8, 4) is 0 Å². The molecule has 3 rings (SSSR count). The van der Waals surface area contributed by atoms with Gasteiger partial charge in [-0.25, -0.2) is 0 Å². The van der Waals surface area contributed by atoms with Gasteiger partial charge in [-0.15, -0.1) is 0 Å². The van der Waals surface area contributed by atoms with Gasteiger partial charge in [0.1, 0.15) is 6.04 Å². The Hall–Kier alpha value is -3.55. The second-order valence-electron chi connectivity index (χ2n) is 6.36. The van der Waals surface area contributed by atoms with E-state index in [1.54, 1.807) is 26.1 Å². The van der Waals surface area contributed by atoms with Crippen molar-refractivity contribution in [3.05, 3.63) is 60.2 Å². The first-order valence-corrected chi connectivity index (χ1v) is 8.48. The maximum Gasteiger partial charge on any atom is 0.287 e. The highest BCUT2D eigenvalue weighted by Crippen LogP contribution is 2.17. The van der Waals surface area contributed by atoms with Crippen LogP contribution in [0, 0.1) is 5.92 Å². The third-order valence-electron chi connectivity index (χ3n) is 4.11. The van der Waals surface area contributed by atoms with E-state index in [0.717, 1.165) is 10.9 Å². The average Bonchev–Trinajstić information content (AvgIpc) is 3.33. The molecular weight excluding hydrogens is 348 g/mol. The number of fused-ring (bicyclic) bond motifs is 1. The van der Waals surface area contributed by atoms with Crippen LogP contribution in [0.25, 0.3) is 10.9 Å². The summed E-state index contributed by atoms with van der Waals surface area (Å²) in [7, 11) is 0. The van der Waals surface area contributed by atoms with Gasteiger partial charge in [0, 0.05) is 17.1 Å². The lowest BCUT2D eigenvalue weighted by Crippen LogP contribution is -2.54. The van der Waals surface area contributed by atoms with Gasteiger partial charge in [0.15, 0.2) is 5.76 Å². The van der Waals surface area contributed by atoms with Gasteiger partial charge in [0.05, 0.1) is 11.8 Å². The van der Waals surface area contributed by atoms with Gasteiger partial charge in [-0.1, -0.05) is 32.0 Å². The van der Waals surface area contributed by atoms with E-state index in [4.69, 9.17) is 4.42 Å². The molecule has 0 radical (unpaired) electrons. The first-order valence-electron chi connectivity index (χ1n) is 8.48. The number of amides is 3. The smallest absolute Gasteiger partial charge is 0.287 e. The Bertz CT molecular complexity index is 959. The normalized spacial score (nSPS) is 12.0. The van der Waals surface area contributed by atoms with Crippen LogP contribution in [0.2, 0.25) is 0 Å². The number of para-hydroxylation sites is 1. The van der Waals surface area contributed by atoms with E-state index in [1.165, 1.54) is 12.3 Å². The average molecular weight is 368 g/mol. The molecule has 140 valence electrons. The van der Waals surface area contributed by atoms with Crippen LogP contribution < -0.4 is 16.2 Å². The zero-order valence-corrected chi connectivity index (χ0v) is 14.9. The topological polar surface area (TPSA) is 116 Å². The fourth-order valence-corrected chi connectivity index (χ4v) is 2.68. The number of carbonyl (C=O) groups excluding carboxylic acids is 3. The second-order valence-corrected chi connectivity index (χ2v) is 6.36. The predicted octanol–water partition coefficient (Wildman–Crippen LogP) is 1.98. The van der Waals surface area contributed by atoms with Crippen molar-refractivity contribution in [2.45, 2.75) is 19.9 Å². The van der Waals surface area contributed by atoms with Gasteiger partial charge in [0.2, 0.25) is 0 Å². The summed E-state index contributed by atoms with van der Waals surface area (Å²) in [5, 5.41) is 3.35. The molecule has 8 heteroatoms. The zero-order valence-electron chi connectivity index (χ0n) is 14.9. The summed E-state index contributed by atoms with van der Waals surface area (Å²) in [5.41, 5.74) is 5.99. The van der Waals surface area contributed by atoms with Crippen molar-refractivity contribution in [2.24, 2.45) is 5.92 Å². The summed E-state index contributed by atoms with van der Waals surface area (Å²) in [5.74, 6) is -1.58. The Balaban J connectivity index is 1.63. The summed E-state index contributed by atoms with van der Waals surface area (Å²) in [6.45, 7) is 3.57. The molecule has 0 fully saturated rings. The van der Waals surface area contributed by atoms with Crippen LogP contribution in [-0.4, -0.2) is 28.7 Å². The van der Waals surface area contributed by atoms with Gasteiger partial charge in [-0.2, -0.15) is 0 Å². The van der Waals surface area contributed by atoms with E-state index in [2.05, 4.69) is 21.2 Å². The molecule has 0 unspecified atom stereocenters. The van der Waals surface area contributed by atoms with Gasteiger partial charge < -0.3 is 14.7 Å². The minimum atomic E-state index is -0.842. The maximum absolute atomic E-state index is 12.4. The number of benzene rings is 1. The first kappa shape index (κ1) is 18.2. The highest BCUT2D eigenvalue weighted by molar-refractivity contribution is 6.07. The van der Waals surface area contributed by atoms with Gasteiger partial charge in [-0.05, 0) is 24.1 Å². The number of furan rings is 1. The number of hydrazine groups is 1. The summed E-state index contributed by atoms with van der Waals surface area (Å²) < 4.78 is 5.03. The molecule has 1 atom stereocenters. The van der Waals surface area contributed by atoms with Crippen molar-refractivity contribution in [1.82, 2.24) is 21.2 Å². The molecule has 3 amide bonds. The highest BCUT2D eigenvalue weighted by Gasteiger charge is 2.26. The Morgan fingerprint density at radius 3 is 2.48 bits per heavy atom. The number of H-pyrrole nitrogens is 1. The third-order valence-corrected chi connectivity index (χ3v) is 4.11. The van der Waals surface area contributed by atoms with E-state index < -0.39 is 23.8 Å². The monoisotopic (exact) mass is 368 g/mol. The maximum atomic E-state index is 12.4. The number of carbonyl (C=O) groups is 3. The molecule has 27 heavy (non-hydrogen) atoms. The molecule has 8 nitrogen and oxygen atoms in total. The summed E-state index contributed by atoms with van der Waals surface area (Å²) in [4.78, 5) is 39.9. The van der Waals surface area contributed by atoms with E-state index in [9.17, 15) is 14.4 Å². The third kappa shape index (κ3) is 4.00. The van der Waals surface area contributed by atoms with E-state index in [1.807, 2.05) is 24.3 Å². The van der Waals surface area contributed by atoms with Crippen LogP contribution in [0.1, 0.15) is 34.8 Å². The van der Waals surface area contributed by atoms with Gasteiger partial charge in [-0.3, -0.25) is 25.2 Å². The Labute approximate surface area is 155 Å². The van der Waals surface area contributed by atoms with Crippen LogP contribution in [-0.2, 0) is 4.79 Å². The summed E-state index contributed by atoms with van der Waals surface area (Å²) in [6.07, 6.45) is 2.95. The number of hydrogen-bond donors (Lipinski definition) is 4. The van der Waals surface area contributed by atoms with Crippen LogP contribution in [0.15, 0.2) is 53.3 Å². The van der Waals surface area contributed by atoms with E-state index in [0.29, 0.717) is 5.56 Å². The second kappa shape index (κ2) is 7.77. The van der Waals surface area contributed by atoms with Crippen LogP contribution in [0.3, 0.4) is 0 Å². The minimum Gasteiger partial charge on any atom is -0.459 e. The molecule has 0 aliphatic carbocycles. The van der Waals surface area contributed by atoms with Crippen LogP contribution >= 0.6 is 0 Å². The molecule has 4 N–H and O–H groups in total. The molecule has 0 aliphatic heterocycles. The van der Waals surface area contributed by atoms with Crippen LogP contribution in [0.4, 0.5) is 0 Å². The van der Waals surface area contributed by atoms with Crippen molar-refractivity contribution >= 4 is 28.6 Å². The molecule has 0 aliphatic rings. The number of nitrogens with one attached hydrogen (secondary N) is 4. The van der Waals surface area contributed by atoms with Gasteiger partial charge in [0.25, 0.3) is 17.7 Å². The standard InChI is InChI=1S/C19H20N4O4/c1-11(2)16(21-18(25)15-8-5-9-27-15)19(26)23-22-17(24)13-10-20-14-7-4-3-6-12(13)14/h3-11,16,20H,1-2H3,(H,21,25)(H,22,24)(H,23,26)/t16-/m0/s1.